The summed E-state index contributed by atoms with van der Waals surface area (Å²) in [4.78, 5) is 14.2. The van der Waals surface area contributed by atoms with E-state index in [9.17, 15) is 13.2 Å². The number of aromatic nitrogens is 1. The van der Waals surface area contributed by atoms with Crippen LogP contribution in [-0.2, 0) is 14.8 Å². The zero-order valence-electron chi connectivity index (χ0n) is 11.1. The van der Waals surface area contributed by atoms with Crippen LogP contribution in [0, 0.1) is 0 Å². The van der Waals surface area contributed by atoms with Gasteiger partial charge in [0.05, 0.1) is 0 Å². The molecule has 110 valence electrons. The van der Waals surface area contributed by atoms with Crippen molar-refractivity contribution < 1.29 is 18.3 Å². The highest BCUT2D eigenvalue weighted by molar-refractivity contribution is 7.99. The Morgan fingerprint density at radius 2 is 2.25 bits per heavy atom. The van der Waals surface area contributed by atoms with Gasteiger partial charge < -0.3 is 5.11 Å². The van der Waals surface area contributed by atoms with E-state index in [1.807, 2.05) is 13.2 Å². The molecule has 1 rings (SSSR count). The lowest BCUT2D eigenvalue weighted by atomic mass is 10.2. The maximum Gasteiger partial charge on any atom is 0.328 e. The van der Waals surface area contributed by atoms with E-state index in [-0.39, 0.29) is 10.1 Å². The van der Waals surface area contributed by atoms with Crippen molar-refractivity contribution in [2.75, 3.05) is 12.8 Å². The van der Waals surface area contributed by atoms with E-state index in [2.05, 4.69) is 9.71 Å². The zero-order chi connectivity index (χ0) is 15.2. The summed E-state index contributed by atoms with van der Waals surface area (Å²) in [5.74, 6) is -1.11. The average molecular weight is 316 g/mol. The lowest BCUT2D eigenvalue weighted by Gasteiger charge is -2.10. The lowest BCUT2D eigenvalue weighted by molar-refractivity contribution is -0.131. The second-order valence-corrected chi connectivity index (χ2v) is 7.07. The summed E-state index contributed by atoms with van der Waals surface area (Å²) in [5.41, 5.74) is 0.410. The summed E-state index contributed by atoms with van der Waals surface area (Å²) in [7, 11) is -3.63. The maximum absolute atomic E-state index is 12.0. The van der Waals surface area contributed by atoms with Crippen molar-refractivity contribution in [3.05, 3.63) is 30.1 Å². The monoisotopic (exact) mass is 316 g/mol. The number of nitrogens with one attached hydrogen (secondary N) is 1. The van der Waals surface area contributed by atoms with Crippen molar-refractivity contribution in [3.8, 4) is 0 Å². The fourth-order valence-electron chi connectivity index (χ4n) is 1.23. The molecule has 0 aromatic carbocycles. The van der Waals surface area contributed by atoms with Gasteiger partial charge in [-0.2, -0.15) is 11.8 Å². The number of carboxylic acids is 1. The molecule has 0 saturated carbocycles. The van der Waals surface area contributed by atoms with Crippen LogP contribution < -0.4 is 4.72 Å². The maximum atomic E-state index is 12.0. The fourth-order valence-corrected chi connectivity index (χ4v) is 2.72. The molecule has 1 atom stereocenters. The van der Waals surface area contributed by atoms with Gasteiger partial charge in [0.15, 0.2) is 0 Å². The number of pyridine rings is 1. The normalized spacial score (nSPS) is 13.5. The second kappa shape index (κ2) is 7.41. The van der Waals surface area contributed by atoms with Gasteiger partial charge in [0.1, 0.15) is 4.90 Å². The third kappa shape index (κ3) is 5.32. The molecule has 0 bridgehead atoms. The van der Waals surface area contributed by atoms with E-state index >= 15 is 0 Å². The SMILES string of the molecule is CSC(C)CNS(=O)(=O)c1cncc(/C=C/C(=O)O)c1. The van der Waals surface area contributed by atoms with Crippen LogP contribution in [0.1, 0.15) is 12.5 Å². The van der Waals surface area contributed by atoms with E-state index < -0.39 is 16.0 Å². The number of hydrogen-bond donors (Lipinski definition) is 2. The topological polar surface area (TPSA) is 96.4 Å². The Labute approximate surface area is 122 Å². The van der Waals surface area contributed by atoms with E-state index in [1.54, 1.807) is 11.8 Å². The second-order valence-electron chi connectivity index (χ2n) is 4.02. The van der Waals surface area contributed by atoms with Crippen molar-refractivity contribution in [2.24, 2.45) is 0 Å². The van der Waals surface area contributed by atoms with E-state index in [1.165, 1.54) is 24.5 Å². The molecule has 6 nitrogen and oxygen atoms in total. The molecule has 0 amide bonds. The van der Waals surface area contributed by atoms with Gasteiger partial charge in [0.25, 0.3) is 0 Å². The molecule has 20 heavy (non-hydrogen) atoms. The summed E-state index contributed by atoms with van der Waals surface area (Å²) in [6, 6.07) is 1.37. The first-order valence-corrected chi connectivity index (χ1v) is 8.51. The van der Waals surface area contributed by atoms with Gasteiger partial charge in [-0.3, -0.25) is 4.98 Å². The summed E-state index contributed by atoms with van der Waals surface area (Å²) in [5, 5.41) is 8.70. The average Bonchev–Trinajstić information content (AvgIpc) is 2.43. The van der Waals surface area contributed by atoms with Crippen molar-refractivity contribution in [1.29, 1.82) is 0 Å². The fraction of sp³-hybridized carbons (Fsp3) is 0.333. The number of carbonyl (C=O) groups is 1. The third-order valence-electron chi connectivity index (χ3n) is 2.43. The first-order valence-electron chi connectivity index (χ1n) is 5.73. The molecule has 0 fully saturated rings. The van der Waals surface area contributed by atoms with Crippen LogP contribution in [-0.4, -0.2) is 42.5 Å². The van der Waals surface area contributed by atoms with Gasteiger partial charge in [-0.15, -0.1) is 0 Å². The molecule has 0 aliphatic heterocycles. The Balaban J connectivity index is 2.90. The Bertz CT molecular complexity index is 599. The summed E-state index contributed by atoms with van der Waals surface area (Å²) < 4.78 is 26.6. The number of nitrogens with zero attached hydrogens (tertiary/aromatic N) is 1. The standard InChI is InChI=1S/C12H16N2O4S2/c1-9(19-2)6-14-20(17,18)11-5-10(7-13-8-11)3-4-12(15)16/h3-5,7-9,14H,6H2,1-2H3,(H,15,16)/b4-3+. The molecule has 1 heterocycles. The Morgan fingerprint density at radius 1 is 1.55 bits per heavy atom. The summed E-state index contributed by atoms with van der Waals surface area (Å²) in [6.45, 7) is 2.23. The van der Waals surface area contributed by atoms with Gasteiger partial charge in [0, 0.05) is 30.3 Å². The highest BCUT2D eigenvalue weighted by atomic mass is 32.2. The molecule has 8 heteroatoms. The van der Waals surface area contributed by atoms with Crippen LogP contribution in [0.25, 0.3) is 6.08 Å². The first kappa shape index (κ1) is 16.7. The van der Waals surface area contributed by atoms with Gasteiger partial charge in [-0.05, 0) is 24.0 Å². The molecule has 1 aromatic heterocycles. The minimum absolute atomic E-state index is 0.0124. The van der Waals surface area contributed by atoms with Gasteiger partial charge in [-0.1, -0.05) is 6.92 Å². The smallest absolute Gasteiger partial charge is 0.328 e. The molecular weight excluding hydrogens is 300 g/mol. The molecule has 0 aliphatic carbocycles. The third-order valence-corrected chi connectivity index (χ3v) is 4.79. The quantitative estimate of drug-likeness (QED) is 0.734. The van der Waals surface area contributed by atoms with Crippen LogP contribution in [0.15, 0.2) is 29.4 Å². The molecule has 0 spiro atoms. The molecule has 0 aliphatic rings. The Kier molecular flexibility index (Phi) is 6.18. The number of thioether (sulfide) groups is 1. The van der Waals surface area contributed by atoms with Crippen molar-refractivity contribution in [2.45, 2.75) is 17.1 Å². The van der Waals surface area contributed by atoms with Crippen molar-refractivity contribution in [1.82, 2.24) is 9.71 Å². The van der Waals surface area contributed by atoms with E-state index in [4.69, 9.17) is 5.11 Å². The number of carboxylic acid groups (broad SMARTS) is 1. The molecule has 1 unspecified atom stereocenters. The van der Waals surface area contributed by atoms with Crippen LogP contribution in [0.3, 0.4) is 0 Å². The molecule has 0 saturated heterocycles. The van der Waals surface area contributed by atoms with Crippen LogP contribution in [0.5, 0.6) is 0 Å². The van der Waals surface area contributed by atoms with Crippen LogP contribution in [0.4, 0.5) is 0 Å². The predicted molar refractivity (Wildman–Crippen MR) is 79.1 cm³/mol. The zero-order valence-corrected chi connectivity index (χ0v) is 12.7. The van der Waals surface area contributed by atoms with Crippen LogP contribution >= 0.6 is 11.8 Å². The van der Waals surface area contributed by atoms with Gasteiger partial charge in [0.2, 0.25) is 10.0 Å². The summed E-state index contributed by atoms with van der Waals surface area (Å²) in [6.07, 6.45) is 6.74. The lowest BCUT2D eigenvalue weighted by Crippen LogP contribution is -2.29. The Morgan fingerprint density at radius 3 is 2.85 bits per heavy atom. The highest BCUT2D eigenvalue weighted by Crippen LogP contribution is 2.12. The van der Waals surface area contributed by atoms with Crippen molar-refractivity contribution >= 4 is 33.8 Å². The predicted octanol–water partition coefficient (Wildman–Crippen LogP) is 1.21. The van der Waals surface area contributed by atoms with Gasteiger partial charge in [-0.25, -0.2) is 17.9 Å². The molecule has 2 N–H and O–H groups in total. The van der Waals surface area contributed by atoms with Gasteiger partial charge >= 0.3 is 5.97 Å². The number of aliphatic carboxylic acids is 1. The molecule has 0 radical (unpaired) electrons. The highest BCUT2D eigenvalue weighted by Gasteiger charge is 2.15. The number of rotatable bonds is 7. The minimum Gasteiger partial charge on any atom is -0.478 e. The minimum atomic E-state index is -3.63. The number of sulfonamides is 1. The Hall–Kier alpha value is -1.38. The molecule has 1 aromatic rings. The largest absolute Gasteiger partial charge is 0.478 e. The van der Waals surface area contributed by atoms with Crippen molar-refractivity contribution in [3.63, 3.8) is 0 Å². The number of hydrogen-bond acceptors (Lipinski definition) is 5. The molecular formula is C12H16N2O4S2. The van der Waals surface area contributed by atoms with E-state index in [0.29, 0.717) is 12.1 Å². The van der Waals surface area contributed by atoms with Crippen LogP contribution in [0.2, 0.25) is 0 Å². The van der Waals surface area contributed by atoms with E-state index in [0.717, 1.165) is 6.08 Å². The summed E-state index contributed by atoms with van der Waals surface area (Å²) >= 11 is 1.56. The first-order chi connectivity index (χ1) is 9.35.